The molecular formula is C29H32N2O5Si. The molecule has 0 atom stereocenters. The van der Waals surface area contributed by atoms with Gasteiger partial charge < -0.3 is 14.4 Å². The van der Waals surface area contributed by atoms with Crippen LogP contribution in [0.15, 0.2) is 84.9 Å². The van der Waals surface area contributed by atoms with Crippen molar-refractivity contribution in [3.8, 4) is 0 Å². The summed E-state index contributed by atoms with van der Waals surface area (Å²) in [7, 11) is -2.72. The van der Waals surface area contributed by atoms with Crippen LogP contribution in [0.4, 0.5) is 10.5 Å². The Morgan fingerprint density at radius 3 is 1.97 bits per heavy atom. The molecule has 3 aromatic rings. The van der Waals surface area contributed by atoms with Gasteiger partial charge >= 0.3 is 6.09 Å². The van der Waals surface area contributed by atoms with Crippen LogP contribution in [0.3, 0.4) is 0 Å². The van der Waals surface area contributed by atoms with Crippen LogP contribution in [0.25, 0.3) is 0 Å². The van der Waals surface area contributed by atoms with Crippen LogP contribution in [0.5, 0.6) is 0 Å². The van der Waals surface area contributed by atoms with E-state index in [9.17, 15) is 19.5 Å². The number of para-hydroxylation sites is 1. The van der Waals surface area contributed by atoms with E-state index in [1.165, 1.54) is 15.3 Å². The molecule has 0 saturated carbocycles. The van der Waals surface area contributed by atoms with Gasteiger partial charge in [-0.1, -0.05) is 93.6 Å². The molecule has 0 bridgehead atoms. The van der Waals surface area contributed by atoms with Gasteiger partial charge in [-0.05, 0) is 34.0 Å². The van der Waals surface area contributed by atoms with Gasteiger partial charge in [0, 0.05) is 13.2 Å². The summed E-state index contributed by atoms with van der Waals surface area (Å²) in [6.45, 7) is 6.81. The molecule has 192 valence electrons. The SMILES string of the molecule is CC(C)(C)[Si](OCCCN1C(=O)CN(C(=O)O)C(=O)c2ccccc21)(c1ccccc1)c1ccccc1. The number of hydrogen-bond donors (Lipinski definition) is 1. The molecule has 0 saturated heterocycles. The van der Waals surface area contributed by atoms with Crippen molar-refractivity contribution >= 4 is 42.3 Å². The molecule has 1 heterocycles. The number of carboxylic acid groups (broad SMARTS) is 1. The van der Waals surface area contributed by atoms with Crippen LogP contribution in [0.1, 0.15) is 37.6 Å². The first-order valence-corrected chi connectivity index (χ1v) is 14.3. The number of imide groups is 1. The van der Waals surface area contributed by atoms with Crippen LogP contribution in [-0.4, -0.2) is 55.9 Å². The minimum atomic E-state index is -2.72. The third kappa shape index (κ3) is 5.07. The normalized spacial score (nSPS) is 14.4. The molecule has 8 heteroatoms. The van der Waals surface area contributed by atoms with Gasteiger partial charge in [-0.3, -0.25) is 9.59 Å². The molecule has 3 aromatic carbocycles. The molecule has 37 heavy (non-hydrogen) atoms. The lowest BCUT2D eigenvalue weighted by Crippen LogP contribution is -2.66. The fourth-order valence-corrected chi connectivity index (χ4v) is 9.68. The lowest BCUT2D eigenvalue weighted by atomic mass is 10.1. The minimum absolute atomic E-state index is 0.171. The first-order chi connectivity index (χ1) is 17.7. The number of carbonyl (C=O) groups is 3. The number of fused-ring (bicyclic) bond motifs is 1. The molecule has 4 rings (SSSR count). The van der Waals surface area contributed by atoms with Crippen LogP contribution >= 0.6 is 0 Å². The molecule has 1 aliphatic rings. The quantitative estimate of drug-likeness (QED) is 0.377. The number of anilines is 1. The summed E-state index contributed by atoms with van der Waals surface area (Å²) in [5.74, 6) is -1.13. The van der Waals surface area contributed by atoms with Crippen molar-refractivity contribution < 1.29 is 23.9 Å². The van der Waals surface area contributed by atoms with Gasteiger partial charge in [-0.15, -0.1) is 0 Å². The van der Waals surface area contributed by atoms with E-state index in [0.717, 1.165) is 0 Å². The van der Waals surface area contributed by atoms with Gasteiger partial charge in [-0.25, -0.2) is 9.69 Å². The van der Waals surface area contributed by atoms with Crippen molar-refractivity contribution in [2.24, 2.45) is 0 Å². The van der Waals surface area contributed by atoms with Gasteiger partial charge in [0.25, 0.3) is 14.2 Å². The standard InChI is InChI=1S/C29H32N2O5Si/c1-29(2,3)37(22-13-6-4-7-14-22,23-15-8-5-9-16-23)36-20-12-19-30-25-18-11-10-17-24(25)27(33)31(28(34)35)21-26(30)32/h4-11,13-18H,12,19-21H2,1-3H3,(H,34,35). The molecule has 0 fully saturated rings. The fraction of sp³-hybridized carbons (Fsp3) is 0.276. The molecule has 1 aliphatic heterocycles. The maximum absolute atomic E-state index is 13.1. The van der Waals surface area contributed by atoms with E-state index in [2.05, 4.69) is 45.0 Å². The number of amides is 3. The molecule has 3 amide bonds. The highest BCUT2D eigenvalue weighted by Gasteiger charge is 2.50. The lowest BCUT2D eigenvalue weighted by molar-refractivity contribution is -0.119. The van der Waals surface area contributed by atoms with E-state index < -0.39 is 32.8 Å². The Morgan fingerprint density at radius 1 is 0.892 bits per heavy atom. The van der Waals surface area contributed by atoms with E-state index in [1.54, 1.807) is 24.3 Å². The summed E-state index contributed by atoms with van der Waals surface area (Å²) >= 11 is 0. The molecule has 0 aromatic heterocycles. The van der Waals surface area contributed by atoms with Crippen LogP contribution in [0.2, 0.25) is 5.04 Å². The fourth-order valence-electron chi connectivity index (χ4n) is 5.07. The number of carbonyl (C=O) groups excluding carboxylic acids is 2. The highest BCUT2D eigenvalue weighted by molar-refractivity contribution is 6.99. The number of benzene rings is 3. The smallest absolute Gasteiger partial charge is 0.414 e. The predicted molar refractivity (Wildman–Crippen MR) is 146 cm³/mol. The Balaban J connectivity index is 1.61. The average Bonchev–Trinajstić information content (AvgIpc) is 2.99. The first kappa shape index (κ1) is 26.3. The van der Waals surface area contributed by atoms with Gasteiger partial charge in [0.1, 0.15) is 6.54 Å². The van der Waals surface area contributed by atoms with Crippen molar-refractivity contribution in [3.63, 3.8) is 0 Å². The number of rotatable bonds is 7. The zero-order chi connectivity index (χ0) is 26.6. The van der Waals surface area contributed by atoms with E-state index in [-0.39, 0.29) is 10.6 Å². The zero-order valence-electron chi connectivity index (χ0n) is 21.4. The second-order valence-electron chi connectivity index (χ2n) is 10.1. The molecule has 1 N–H and O–H groups in total. The summed E-state index contributed by atoms with van der Waals surface area (Å²) in [5, 5.41) is 11.7. The highest BCUT2D eigenvalue weighted by atomic mass is 28.4. The Bertz CT molecular complexity index is 1230. The van der Waals surface area contributed by atoms with Crippen molar-refractivity contribution in [2.75, 3.05) is 24.6 Å². The maximum Gasteiger partial charge on any atom is 0.414 e. The largest absolute Gasteiger partial charge is 0.465 e. The third-order valence-corrected chi connectivity index (χ3v) is 11.8. The molecule has 0 unspecified atom stereocenters. The summed E-state index contributed by atoms with van der Waals surface area (Å²) in [6.07, 6.45) is -0.920. The number of nitrogens with zero attached hydrogens (tertiary/aromatic N) is 2. The van der Waals surface area contributed by atoms with Gasteiger partial charge in [0.15, 0.2) is 0 Å². The lowest BCUT2D eigenvalue weighted by Gasteiger charge is -2.43. The van der Waals surface area contributed by atoms with Crippen LogP contribution < -0.4 is 15.3 Å². The summed E-state index contributed by atoms with van der Waals surface area (Å²) < 4.78 is 6.92. The van der Waals surface area contributed by atoms with E-state index in [1.807, 2.05) is 36.4 Å². The third-order valence-electron chi connectivity index (χ3n) is 6.76. The average molecular weight is 517 g/mol. The van der Waals surface area contributed by atoms with Crippen molar-refractivity contribution in [1.29, 1.82) is 0 Å². The zero-order valence-corrected chi connectivity index (χ0v) is 22.4. The highest BCUT2D eigenvalue weighted by Crippen LogP contribution is 2.37. The van der Waals surface area contributed by atoms with Gasteiger partial charge in [0.2, 0.25) is 5.91 Å². The van der Waals surface area contributed by atoms with Crippen LogP contribution in [0, 0.1) is 0 Å². The molecule has 0 aliphatic carbocycles. The topological polar surface area (TPSA) is 87.2 Å². The molecule has 0 spiro atoms. The van der Waals surface area contributed by atoms with E-state index >= 15 is 0 Å². The minimum Gasteiger partial charge on any atom is -0.465 e. The van der Waals surface area contributed by atoms with Crippen molar-refractivity contribution in [1.82, 2.24) is 4.90 Å². The van der Waals surface area contributed by atoms with Crippen LogP contribution in [-0.2, 0) is 9.22 Å². The number of hydrogen-bond acceptors (Lipinski definition) is 4. The van der Waals surface area contributed by atoms with E-state index in [4.69, 9.17) is 4.43 Å². The first-order valence-electron chi connectivity index (χ1n) is 12.4. The maximum atomic E-state index is 13.1. The predicted octanol–water partition coefficient (Wildman–Crippen LogP) is 4.12. The molecular weight excluding hydrogens is 484 g/mol. The second kappa shape index (κ2) is 10.7. The van der Waals surface area contributed by atoms with Gasteiger partial charge in [-0.2, -0.15) is 0 Å². The summed E-state index contributed by atoms with van der Waals surface area (Å²) in [6, 6.07) is 27.3. The Hall–Kier alpha value is -3.75. The second-order valence-corrected chi connectivity index (χ2v) is 14.4. The summed E-state index contributed by atoms with van der Waals surface area (Å²) in [5.41, 5.74) is 0.621. The van der Waals surface area contributed by atoms with Crippen molar-refractivity contribution in [2.45, 2.75) is 32.2 Å². The summed E-state index contributed by atoms with van der Waals surface area (Å²) in [4.78, 5) is 39.6. The Labute approximate surface area is 218 Å². The Morgan fingerprint density at radius 2 is 1.43 bits per heavy atom. The monoisotopic (exact) mass is 516 g/mol. The molecule has 7 nitrogen and oxygen atoms in total. The van der Waals surface area contributed by atoms with E-state index in [0.29, 0.717) is 30.2 Å². The van der Waals surface area contributed by atoms with Gasteiger partial charge in [0.05, 0.1) is 11.3 Å². The Kier molecular flexibility index (Phi) is 7.61. The van der Waals surface area contributed by atoms with Crippen molar-refractivity contribution in [3.05, 3.63) is 90.5 Å². The molecule has 0 radical (unpaired) electrons.